The highest BCUT2D eigenvalue weighted by molar-refractivity contribution is 14.1. The van der Waals surface area contributed by atoms with Gasteiger partial charge in [-0.2, -0.15) is 5.26 Å². The molecule has 0 bridgehead atoms. The van der Waals surface area contributed by atoms with Crippen molar-refractivity contribution < 1.29 is 0 Å². The van der Waals surface area contributed by atoms with Gasteiger partial charge in [0.15, 0.2) is 0 Å². The van der Waals surface area contributed by atoms with E-state index in [-0.39, 0.29) is 5.56 Å². The van der Waals surface area contributed by atoms with Crippen LogP contribution in [0.15, 0.2) is 41.3 Å². The summed E-state index contributed by atoms with van der Waals surface area (Å²) >= 11 is 1.97. The second-order valence-corrected chi connectivity index (χ2v) is 4.66. The molecule has 0 aliphatic rings. The van der Waals surface area contributed by atoms with Gasteiger partial charge in [0.1, 0.15) is 5.65 Å². The topological polar surface area (TPSA) is 50.2 Å². The van der Waals surface area contributed by atoms with Crippen molar-refractivity contribution in [2.24, 2.45) is 0 Å². The summed E-state index contributed by atoms with van der Waals surface area (Å²) < 4.78 is 3.47. The van der Waals surface area contributed by atoms with E-state index in [9.17, 15) is 4.79 Å². The van der Waals surface area contributed by atoms with Crippen LogP contribution in [0.3, 0.4) is 0 Å². The summed E-state index contributed by atoms with van der Waals surface area (Å²) in [4.78, 5) is 11.5. The molecule has 0 atom stereocenters. The van der Waals surface area contributed by atoms with Crippen molar-refractivity contribution in [3.63, 3.8) is 0 Å². The Hall–Kier alpha value is -1.81. The molecule has 0 saturated carbocycles. The van der Waals surface area contributed by atoms with Crippen molar-refractivity contribution in [1.29, 1.82) is 5.26 Å². The summed E-state index contributed by atoms with van der Waals surface area (Å²) in [6, 6.07) is 11.1. The van der Waals surface area contributed by atoms with Gasteiger partial charge in [0.2, 0.25) is 0 Å². The summed E-state index contributed by atoms with van der Waals surface area (Å²) in [5.74, 6) is 0. The molecule has 3 aromatic rings. The lowest BCUT2D eigenvalue weighted by atomic mass is 10.2. The average Bonchev–Trinajstić information content (AvgIpc) is 2.72. The minimum absolute atomic E-state index is 0.0542. The van der Waals surface area contributed by atoms with E-state index in [0.717, 1.165) is 16.6 Å². The van der Waals surface area contributed by atoms with Gasteiger partial charge in [0.25, 0.3) is 5.56 Å². The number of nitriles is 1. The van der Waals surface area contributed by atoms with Crippen LogP contribution in [0.1, 0.15) is 5.56 Å². The van der Waals surface area contributed by atoms with Crippen molar-refractivity contribution in [1.82, 2.24) is 7.18 Å². The van der Waals surface area contributed by atoms with Crippen LogP contribution >= 0.6 is 22.9 Å². The summed E-state index contributed by atoms with van der Waals surface area (Å²) in [5.41, 5.74) is 2.30. The molecule has 0 aliphatic heterocycles. The molecule has 3 rings (SSSR count). The summed E-state index contributed by atoms with van der Waals surface area (Å²) in [6.45, 7) is 0. The maximum atomic E-state index is 11.5. The third-order valence-corrected chi connectivity index (χ3v) is 3.68. The highest BCUT2D eigenvalue weighted by Gasteiger charge is 2.06. The van der Waals surface area contributed by atoms with E-state index in [4.69, 9.17) is 5.26 Å². The molecule has 0 spiro atoms. The lowest BCUT2D eigenvalue weighted by molar-refractivity contribution is 1.11. The smallest absolute Gasteiger partial charge is 0.262 e. The zero-order valence-electron chi connectivity index (χ0n) is 8.59. The Balaban J connectivity index is 2.56. The van der Waals surface area contributed by atoms with Crippen molar-refractivity contribution in [2.45, 2.75) is 0 Å². The van der Waals surface area contributed by atoms with Crippen LogP contribution in [0, 0.1) is 11.3 Å². The Morgan fingerprint density at radius 1 is 1.24 bits per heavy atom. The van der Waals surface area contributed by atoms with Gasteiger partial charge in [0, 0.05) is 17.6 Å². The summed E-state index contributed by atoms with van der Waals surface area (Å²) in [6.07, 6.45) is 1.73. The molecule has 5 heteroatoms. The van der Waals surface area contributed by atoms with E-state index in [2.05, 4.69) is 6.07 Å². The summed E-state index contributed by atoms with van der Waals surface area (Å²) in [7, 11) is 0. The molecule has 0 unspecified atom stereocenters. The first kappa shape index (κ1) is 10.4. The molecular formula is C12H6IN3O. The van der Waals surface area contributed by atoms with Gasteiger partial charge in [-0.3, -0.25) is 4.79 Å². The Kier molecular flexibility index (Phi) is 2.19. The van der Waals surface area contributed by atoms with Crippen LogP contribution in [0.25, 0.3) is 16.6 Å². The van der Waals surface area contributed by atoms with Crippen LogP contribution in [0.2, 0.25) is 0 Å². The Labute approximate surface area is 110 Å². The number of halogens is 1. The molecule has 2 aromatic heterocycles. The van der Waals surface area contributed by atoms with E-state index in [0.29, 0.717) is 5.56 Å². The molecule has 0 N–H and O–H groups in total. The number of aromatic nitrogens is 2. The number of hydrogen-bond acceptors (Lipinski definition) is 2. The number of benzene rings is 1. The Morgan fingerprint density at radius 3 is 2.82 bits per heavy atom. The first-order chi connectivity index (χ1) is 8.20. The van der Waals surface area contributed by atoms with E-state index in [1.165, 1.54) is 6.07 Å². The van der Waals surface area contributed by atoms with Crippen molar-refractivity contribution in [3.05, 3.63) is 52.4 Å². The maximum Gasteiger partial charge on any atom is 0.262 e. The SMILES string of the molecule is N#Cc1ccc2cc3n(I)c(=O)ccn3c2c1. The van der Waals surface area contributed by atoms with E-state index in [1.54, 1.807) is 15.0 Å². The zero-order valence-corrected chi connectivity index (χ0v) is 10.7. The lowest BCUT2D eigenvalue weighted by Crippen LogP contribution is -2.12. The van der Waals surface area contributed by atoms with E-state index < -0.39 is 0 Å². The first-order valence-corrected chi connectivity index (χ1v) is 5.90. The largest absolute Gasteiger partial charge is 0.302 e. The van der Waals surface area contributed by atoms with Crippen LogP contribution in [-0.2, 0) is 0 Å². The van der Waals surface area contributed by atoms with E-state index >= 15 is 0 Å². The van der Waals surface area contributed by atoms with Gasteiger partial charge in [0.05, 0.1) is 40.0 Å². The molecular weight excluding hydrogens is 329 g/mol. The predicted octanol–water partition coefficient (Wildman–Crippen LogP) is 2.32. The van der Waals surface area contributed by atoms with Crippen LogP contribution in [0.5, 0.6) is 0 Å². The molecule has 0 saturated heterocycles. The standard InChI is InChI=1S/C12H6IN3O/c13-16-11-6-9-2-1-8(7-14)5-10(9)15(11)4-3-12(16)17/h1-6H. The molecule has 0 amide bonds. The molecule has 0 radical (unpaired) electrons. The highest BCUT2D eigenvalue weighted by atomic mass is 127. The van der Waals surface area contributed by atoms with Crippen LogP contribution < -0.4 is 5.56 Å². The van der Waals surface area contributed by atoms with Crippen LogP contribution in [-0.4, -0.2) is 7.18 Å². The van der Waals surface area contributed by atoms with Gasteiger partial charge >= 0.3 is 0 Å². The van der Waals surface area contributed by atoms with Gasteiger partial charge in [-0.25, -0.2) is 2.78 Å². The minimum Gasteiger partial charge on any atom is -0.302 e. The minimum atomic E-state index is -0.0542. The average molecular weight is 335 g/mol. The fourth-order valence-electron chi connectivity index (χ4n) is 1.90. The van der Waals surface area contributed by atoms with Gasteiger partial charge < -0.3 is 4.40 Å². The van der Waals surface area contributed by atoms with Crippen LogP contribution in [0.4, 0.5) is 0 Å². The monoisotopic (exact) mass is 335 g/mol. The second-order valence-electron chi connectivity index (χ2n) is 3.69. The quantitative estimate of drug-likeness (QED) is 0.592. The molecule has 82 valence electrons. The number of fused-ring (bicyclic) bond motifs is 3. The first-order valence-electron chi connectivity index (χ1n) is 4.94. The van der Waals surface area contributed by atoms with Gasteiger partial charge in [-0.05, 0) is 18.2 Å². The van der Waals surface area contributed by atoms with Crippen molar-refractivity contribution in [2.75, 3.05) is 0 Å². The second kappa shape index (κ2) is 3.60. The number of hydrogen-bond donors (Lipinski definition) is 0. The van der Waals surface area contributed by atoms with E-state index in [1.807, 2.05) is 45.5 Å². The van der Waals surface area contributed by atoms with Crippen molar-refractivity contribution >= 4 is 39.4 Å². The highest BCUT2D eigenvalue weighted by Crippen LogP contribution is 2.21. The Bertz CT molecular complexity index is 838. The normalized spacial score (nSPS) is 10.8. The maximum absolute atomic E-state index is 11.5. The third kappa shape index (κ3) is 1.45. The number of rotatable bonds is 0. The molecule has 0 fully saturated rings. The van der Waals surface area contributed by atoms with Gasteiger partial charge in [-0.15, -0.1) is 0 Å². The predicted molar refractivity (Wildman–Crippen MR) is 73.3 cm³/mol. The summed E-state index contributed by atoms with van der Waals surface area (Å²) in [5, 5.41) is 9.90. The third-order valence-electron chi connectivity index (χ3n) is 2.71. The molecule has 17 heavy (non-hydrogen) atoms. The number of nitrogens with zero attached hydrogens (tertiary/aromatic N) is 3. The molecule has 2 heterocycles. The molecule has 4 nitrogen and oxygen atoms in total. The molecule has 1 aromatic carbocycles. The fraction of sp³-hybridized carbons (Fsp3) is 0. The lowest BCUT2D eigenvalue weighted by Gasteiger charge is -1.99. The Morgan fingerprint density at radius 2 is 2.06 bits per heavy atom. The van der Waals surface area contributed by atoms with Crippen molar-refractivity contribution in [3.8, 4) is 6.07 Å². The fourth-order valence-corrected chi connectivity index (χ4v) is 2.43. The van der Waals surface area contributed by atoms with Gasteiger partial charge in [-0.1, -0.05) is 6.07 Å². The molecule has 0 aliphatic carbocycles. The zero-order chi connectivity index (χ0) is 12.0.